The number of aryl methyl sites for hydroxylation is 3. The van der Waals surface area contributed by atoms with Crippen molar-refractivity contribution >= 4 is 39.7 Å². The molecule has 0 saturated carbocycles. The third-order valence-corrected chi connectivity index (χ3v) is 5.94. The standard InChI is InChI=1S/C16H18N2O3S2/c1-2-8-17-14(21)13-10-5-3-4-6-11(10)23-15(13)18(16(17)22)9-7-12(19)20/h2H,1,3-9H2,(H,19,20). The van der Waals surface area contributed by atoms with Crippen LogP contribution in [0.3, 0.4) is 0 Å². The highest BCUT2D eigenvalue weighted by Gasteiger charge is 2.22. The molecule has 0 fully saturated rings. The van der Waals surface area contributed by atoms with E-state index in [-0.39, 0.29) is 18.5 Å². The third kappa shape index (κ3) is 2.79. The number of thiophene rings is 1. The molecule has 23 heavy (non-hydrogen) atoms. The van der Waals surface area contributed by atoms with E-state index < -0.39 is 5.97 Å². The van der Waals surface area contributed by atoms with Crippen LogP contribution >= 0.6 is 23.6 Å². The molecular weight excluding hydrogens is 332 g/mol. The molecule has 7 heteroatoms. The first-order valence-corrected chi connectivity index (χ1v) is 8.87. The molecule has 0 aromatic carbocycles. The van der Waals surface area contributed by atoms with Crippen molar-refractivity contribution in [3.63, 3.8) is 0 Å². The number of carboxylic acids is 1. The number of hydrogen-bond acceptors (Lipinski definition) is 4. The molecule has 1 aliphatic carbocycles. The highest BCUT2D eigenvalue weighted by atomic mass is 32.1. The number of carboxylic acid groups (broad SMARTS) is 1. The van der Waals surface area contributed by atoms with Gasteiger partial charge in [-0.2, -0.15) is 0 Å². The highest BCUT2D eigenvalue weighted by molar-refractivity contribution is 7.71. The smallest absolute Gasteiger partial charge is 0.305 e. The molecule has 5 nitrogen and oxygen atoms in total. The predicted molar refractivity (Wildman–Crippen MR) is 94.0 cm³/mol. The number of aliphatic carboxylic acids is 1. The lowest BCUT2D eigenvalue weighted by Gasteiger charge is -2.13. The first-order valence-electron chi connectivity index (χ1n) is 7.65. The molecule has 0 unspecified atom stereocenters. The summed E-state index contributed by atoms with van der Waals surface area (Å²) in [6, 6.07) is 0. The van der Waals surface area contributed by atoms with Gasteiger partial charge in [0.25, 0.3) is 5.56 Å². The van der Waals surface area contributed by atoms with E-state index in [0.29, 0.717) is 11.3 Å². The van der Waals surface area contributed by atoms with Gasteiger partial charge in [-0.3, -0.25) is 14.2 Å². The Hall–Kier alpha value is -1.73. The Bertz CT molecular complexity index is 905. The van der Waals surface area contributed by atoms with Gasteiger partial charge in [0.05, 0.1) is 11.8 Å². The molecule has 2 heterocycles. The summed E-state index contributed by atoms with van der Waals surface area (Å²) in [5.74, 6) is -0.872. The Morgan fingerprint density at radius 3 is 2.78 bits per heavy atom. The third-order valence-electron chi connectivity index (χ3n) is 4.18. The Kier molecular flexibility index (Phi) is 4.50. The Morgan fingerprint density at radius 1 is 1.35 bits per heavy atom. The maximum Gasteiger partial charge on any atom is 0.305 e. The minimum absolute atomic E-state index is 0.0156. The number of carbonyl (C=O) groups is 1. The van der Waals surface area contributed by atoms with Crippen LogP contribution in [-0.2, 0) is 30.7 Å². The van der Waals surface area contributed by atoms with Crippen molar-refractivity contribution in [1.82, 2.24) is 9.13 Å². The lowest BCUT2D eigenvalue weighted by atomic mass is 9.97. The number of hydrogen-bond donors (Lipinski definition) is 1. The van der Waals surface area contributed by atoms with E-state index in [0.717, 1.165) is 41.5 Å². The van der Waals surface area contributed by atoms with Crippen LogP contribution < -0.4 is 5.56 Å². The molecule has 0 saturated heterocycles. The molecule has 0 atom stereocenters. The van der Waals surface area contributed by atoms with Crippen molar-refractivity contribution in [2.24, 2.45) is 0 Å². The lowest BCUT2D eigenvalue weighted by Crippen LogP contribution is -2.25. The van der Waals surface area contributed by atoms with Crippen LogP contribution in [0.5, 0.6) is 0 Å². The second-order valence-corrected chi connectivity index (χ2v) is 7.12. The predicted octanol–water partition coefficient (Wildman–Crippen LogP) is 3.13. The van der Waals surface area contributed by atoms with Crippen LogP contribution in [0.15, 0.2) is 17.4 Å². The van der Waals surface area contributed by atoms with Crippen LogP contribution in [0, 0.1) is 4.77 Å². The molecule has 0 amide bonds. The van der Waals surface area contributed by atoms with Gasteiger partial charge in [0, 0.05) is 18.0 Å². The van der Waals surface area contributed by atoms with E-state index >= 15 is 0 Å². The number of aromatic nitrogens is 2. The van der Waals surface area contributed by atoms with E-state index in [1.165, 1.54) is 9.44 Å². The Morgan fingerprint density at radius 2 is 2.09 bits per heavy atom. The van der Waals surface area contributed by atoms with Crippen LogP contribution in [0.25, 0.3) is 10.2 Å². The molecule has 3 rings (SSSR count). The largest absolute Gasteiger partial charge is 0.481 e. The highest BCUT2D eigenvalue weighted by Crippen LogP contribution is 2.34. The van der Waals surface area contributed by atoms with Gasteiger partial charge in [0.15, 0.2) is 4.77 Å². The number of rotatable bonds is 5. The zero-order valence-electron chi connectivity index (χ0n) is 12.7. The van der Waals surface area contributed by atoms with Crippen molar-refractivity contribution in [2.75, 3.05) is 0 Å². The normalized spacial score (nSPS) is 13.9. The summed E-state index contributed by atoms with van der Waals surface area (Å²) >= 11 is 7.05. The van der Waals surface area contributed by atoms with E-state index in [1.807, 2.05) is 4.57 Å². The summed E-state index contributed by atoms with van der Waals surface area (Å²) in [5, 5.41) is 9.73. The lowest BCUT2D eigenvalue weighted by molar-refractivity contribution is -0.137. The molecule has 0 aliphatic heterocycles. The quantitative estimate of drug-likeness (QED) is 0.665. The molecule has 2 aromatic rings. The second-order valence-electron chi connectivity index (χ2n) is 5.67. The number of nitrogens with zero attached hydrogens (tertiary/aromatic N) is 2. The minimum atomic E-state index is -0.872. The maximum absolute atomic E-state index is 12.9. The molecule has 0 bridgehead atoms. The van der Waals surface area contributed by atoms with Gasteiger partial charge in [-0.1, -0.05) is 6.08 Å². The van der Waals surface area contributed by atoms with Crippen molar-refractivity contribution in [1.29, 1.82) is 0 Å². The Labute approximate surface area is 142 Å². The van der Waals surface area contributed by atoms with Crippen LogP contribution in [-0.4, -0.2) is 20.2 Å². The van der Waals surface area contributed by atoms with E-state index in [4.69, 9.17) is 17.3 Å². The second kappa shape index (κ2) is 6.41. The molecule has 1 N–H and O–H groups in total. The fourth-order valence-corrected chi connectivity index (χ4v) is 4.92. The zero-order chi connectivity index (χ0) is 16.6. The summed E-state index contributed by atoms with van der Waals surface area (Å²) in [6.07, 6.45) is 5.75. The van der Waals surface area contributed by atoms with E-state index in [2.05, 4.69) is 6.58 Å². The maximum atomic E-state index is 12.9. The fraction of sp³-hybridized carbons (Fsp3) is 0.438. The molecule has 1 aliphatic rings. The van der Waals surface area contributed by atoms with Gasteiger partial charge >= 0.3 is 5.97 Å². The van der Waals surface area contributed by atoms with Gasteiger partial charge in [0.2, 0.25) is 0 Å². The van der Waals surface area contributed by atoms with Crippen molar-refractivity contribution < 1.29 is 9.90 Å². The zero-order valence-corrected chi connectivity index (χ0v) is 14.3. The van der Waals surface area contributed by atoms with Gasteiger partial charge in [-0.15, -0.1) is 17.9 Å². The average Bonchev–Trinajstić information content (AvgIpc) is 2.90. The van der Waals surface area contributed by atoms with Crippen LogP contribution in [0.4, 0.5) is 0 Å². The summed E-state index contributed by atoms with van der Waals surface area (Å²) < 4.78 is 3.71. The summed E-state index contributed by atoms with van der Waals surface area (Å²) in [6.45, 7) is 4.31. The first kappa shape index (κ1) is 16.1. The molecule has 122 valence electrons. The minimum Gasteiger partial charge on any atom is -0.481 e. The van der Waals surface area contributed by atoms with Gasteiger partial charge in [-0.25, -0.2) is 0 Å². The summed E-state index contributed by atoms with van der Waals surface area (Å²) in [4.78, 5) is 25.9. The van der Waals surface area contributed by atoms with Gasteiger partial charge < -0.3 is 9.67 Å². The molecule has 0 spiro atoms. The summed E-state index contributed by atoms with van der Waals surface area (Å²) in [7, 11) is 0. The fourth-order valence-electron chi connectivity index (χ4n) is 3.11. The van der Waals surface area contributed by atoms with Gasteiger partial charge in [-0.05, 0) is 43.5 Å². The van der Waals surface area contributed by atoms with Gasteiger partial charge in [0.1, 0.15) is 4.83 Å². The summed E-state index contributed by atoms with van der Waals surface area (Å²) in [5.41, 5.74) is 1.06. The number of fused-ring (bicyclic) bond motifs is 3. The van der Waals surface area contributed by atoms with Crippen LogP contribution in [0.1, 0.15) is 29.7 Å². The van der Waals surface area contributed by atoms with Crippen molar-refractivity contribution in [2.45, 2.75) is 45.2 Å². The molecule has 2 aromatic heterocycles. The van der Waals surface area contributed by atoms with E-state index in [1.54, 1.807) is 17.4 Å². The van der Waals surface area contributed by atoms with Crippen molar-refractivity contribution in [3.8, 4) is 0 Å². The monoisotopic (exact) mass is 350 g/mol. The van der Waals surface area contributed by atoms with Crippen LogP contribution in [0.2, 0.25) is 0 Å². The average molecular weight is 350 g/mol. The Balaban J connectivity index is 2.32. The topological polar surface area (TPSA) is 64.2 Å². The molecule has 0 radical (unpaired) electrons. The molecular formula is C16H18N2O3S2. The first-order chi connectivity index (χ1) is 11.0. The van der Waals surface area contributed by atoms with E-state index in [9.17, 15) is 9.59 Å². The van der Waals surface area contributed by atoms with Crippen molar-refractivity contribution in [3.05, 3.63) is 38.2 Å². The SMILES string of the molecule is C=CCn1c(=O)c2c3c(sc2n(CCC(=O)O)c1=S)CCCC3. The number of allylic oxidation sites excluding steroid dienone is 1.